The molecule has 0 aliphatic carbocycles. The van der Waals surface area contributed by atoms with E-state index in [0.29, 0.717) is 28.3 Å². The van der Waals surface area contributed by atoms with Gasteiger partial charge in [0.2, 0.25) is 0 Å². The van der Waals surface area contributed by atoms with Crippen molar-refractivity contribution in [2.45, 2.75) is 13.5 Å². The highest BCUT2D eigenvalue weighted by Crippen LogP contribution is 2.19. The fourth-order valence-electron chi connectivity index (χ4n) is 3.01. The zero-order valence-electron chi connectivity index (χ0n) is 16.1. The predicted octanol–water partition coefficient (Wildman–Crippen LogP) is 3.97. The summed E-state index contributed by atoms with van der Waals surface area (Å²) in [7, 11) is 0. The van der Waals surface area contributed by atoms with Gasteiger partial charge in [-0.3, -0.25) is 14.0 Å². The summed E-state index contributed by atoms with van der Waals surface area (Å²) < 4.78 is 20.3. The number of fused-ring (bicyclic) bond motifs is 1. The lowest BCUT2D eigenvalue weighted by molar-refractivity contribution is 0.102. The van der Waals surface area contributed by atoms with Gasteiger partial charge in [-0.05, 0) is 55.0 Å². The Bertz CT molecular complexity index is 1280. The highest BCUT2D eigenvalue weighted by Gasteiger charge is 2.08. The van der Waals surface area contributed by atoms with Crippen molar-refractivity contribution in [2.75, 3.05) is 5.32 Å². The molecule has 0 radical (unpaired) electrons. The maximum atomic E-state index is 13.0. The van der Waals surface area contributed by atoms with E-state index in [1.165, 1.54) is 34.7 Å². The molecule has 1 amide bonds. The van der Waals surface area contributed by atoms with Crippen molar-refractivity contribution in [2.24, 2.45) is 0 Å². The minimum Gasteiger partial charge on any atom is -0.487 e. The summed E-state index contributed by atoms with van der Waals surface area (Å²) in [4.78, 5) is 29.1. The van der Waals surface area contributed by atoms with Crippen LogP contribution in [0.15, 0.2) is 77.7 Å². The average Bonchev–Trinajstić information content (AvgIpc) is 2.74. The molecule has 2 aromatic carbocycles. The second-order valence-electron chi connectivity index (χ2n) is 6.75. The van der Waals surface area contributed by atoms with E-state index in [9.17, 15) is 14.0 Å². The molecule has 2 heterocycles. The van der Waals surface area contributed by atoms with Crippen molar-refractivity contribution >= 4 is 17.2 Å². The van der Waals surface area contributed by atoms with Crippen LogP contribution in [0, 0.1) is 12.7 Å². The first-order valence-electron chi connectivity index (χ1n) is 9.27. The van der Waals surface area contributed by atoms with Crippen molar-refractivity contribution in [3.05, 3.63) is 106 Å². The van der Waals surface area contributed by atoms with Crippen LogP contribution in [0.4, 0.5) is 10.1 Å². The van der Waals surface area contributed by atoms with E-state index in [-0.39, 0.29) is 18.1 Å². The fourth-order valence-corrected chi connectivity index (χ4v) is 3.01. The predicted molar refractivity (Wildman–Crippen MR) is 111 cm³/mol. The lowest BCUT2D eigenvalue weighted by Crippen LogP contribution is -2.17. The van der Waals surface area contributed by atoms with E-state index in [4.69, 9.17) is 4.74 Å². The molecule has 6 nitrogen and oxygen atoms in total. The zero-order chi connectivity index (χ0) is 21.1. The Labute approximate surface area is 171 Å². The van der Waals surface area contributed by atoms with Crippen molar-refractivity contribution in [3.8, 4) is 5.75 Å². The first kappa shape index (κ1) is 19.3. The smallest absolute Gasteiger partial charge is 0.258 e. The summed E-state index contributed by atoms with van der Waals surface area (Å²) in [5, 5.41) is 2.75. The van der Waals surface area contributed by atoms with Crippen molar-refractivity contribution < 1.29 is 13.9 Å². The van der Waals surface area contributed by atoms with E-state index >= 15 is 0 Å². The number of carbonyl (C=O) groups is 1. The van der Waals surface area contributed by atoms with Gasteiger partial charge < -0.3 is 10.1 Å². The molecule has 0 aliphatic heterocycles. The third-order valence-electron chi connectivity index (χ3n) is 4.52. The van der Waals surface area contributed by atoms with Crippen LogP contribution in [0.2, 0.25) is 0 Å². The summed E-state index contributed by atoms with van der Waals surface area (Å²) in [5.41, 5.74) is 2.69. The van der Waals surface area contributed by atoms with Gasteiger partial charge in [-0.2, -0.15) is 0 Å². The van der Waals surface area contributed by atoms with Gasteiger partial charge >= 0.3 is 0 Å². The number of anilines is 1. The van der Waals surface area contributed by atoms with E-state index in [1.807, 2.05) is 13.0 Å². The molecule has 0 saturated heterocycles. The molecule has 0 atom stereocenters. The molecule has 0 bridgehead atoms. The summed E-state index contributed by atoms with van der Waals surface area (Å²) in [6, 6.07) is 17.3. The van der Waals surface area contributed by atoms with Crippen LogP contribution in [0.5, 0.6) is 5.75 Å². The molecule has 1 N–H and O–H groups in total. The molecule has 0 unspecified atom stereocenters. The molecule has 30 heavy (non-hydrogen) atoms. The van der Waals surface area contributed by atoms with Crippen molar-refractivity contribution in [3.63, 3.8) is 0 Å². The van der Waals surface area contributed by atoms with Gasteiger partial charge in [0.05, 0.1) is 5.69 Å². The van der Waals surface area contributed by atoms with Crippen LogP contribution in [-0.2, 0) is 6.61 Å². The monoisotopic (exact) mass is 403 g/mol. The number of aryl methyl sites for hydroxylation is 1. The standard InChI is InChI=1S/C23H18FN3O3/c1-15-4-3-11-27-21(28)13-19(25-22(15)27)14-30-20-6-2-5-18(12-20)26-23(29)16-7-9-17(24)10-8-16/h2-13H,14H2,1H3,(H,26,29). The Balaban J connectivity index is 1.48. The largest absolute Gasteiger partial charge is 0.487 e. The molecule has 2 aromatic heterocycles. The van der Waals surface area contributed by atoms with Gasteiger partial charge in [-0.15, -0.1) is 0 Å². The van der Waals surface area contributed by atoms with Gasteiger partial charge in [0.25, 0.3) is 11.5 Å². The van der Waals surface area contributed by atoms with Gasteiger partial charge in [0.1, 0.15) is 23.8 Å². The quantitative estimate of drug-likeness (QED) is 0.547. The molecule has 0 fully saturated rings. The fraction of sp³-hybridized carbons (Fsp3) is 0.0870. The van der Waals surface area contributed by atoms with Gasteiger partial charge in [-0.25, -0.2) is 9.37 Å². The number of carbonyl (C=O) groups excluding carboxylic acids is 1. The normalized spacial score (nSPS) is 10.7. The van der Waals surface area contributed by atoms with E-state index in [1.54, 1.807) is 36.5 Å². The van der Waals surface area contributed by atoms with Crippen LogP contribution in [0.3, 0.4) is 0 Å². The highest BCUT2D eigenvalue weighted by atomic mass is 19.1. The summed E-state index contributed by atoms with van der Waals surface area (Å²) in [5.74, 6) is -0.246. The number of hydrogen-bond donors (Lipinski definition) is 1. The second-order valence-corrected chi connectivity index (χ2v) is 6.75. The minimum atomic E-state index is -0.404. The zero-order valence-corrected chi connectivity index (χ0v) is 16.1. The van der Waals surface area contributed by atoms with E-state index in [0.717, 1.165) is 5.56 Å². The van der Waals surface area contributed by atoms with Gasteiger partial charge in [0, 0.05) is 29.6 Å². The molecule has 0 spiro atoms. The molecular formula is C23H18FN3O3. The number of nitrogens with one attached hydrogen (secondary N) is 1. The summed E-state index contributed by atoms with van der Waals surface area (Å²) >= 11 is 0. The number of nitrogens with zero attached hydrogens (tertiary/aromatic N) is 2. The number of benzene rings is 2. The number of ether oxygens (including phenoxy) is 1. The lowest BCUT2D eigenvalue weighted by Gasteiger charge is -2.10. The molecule has 0 aliphatic rings. The van der Waals surface area contributed by atoms with Gasteiger partial charge in [0.15, 0.2) is 0 Å². The second kappa shape index (κ2) is 8.16. The number of aromatic nitrogens is 2. The third kappa shape index (κ3) is 4.20. The van der Waals surface area contributed by atoms with E-state index < -0.39 is 5.82 Å². The van der Waals surface area contributed by atoms with Crippen LogP contribution >= 0.6 is 0 Å². The van der Waals surface area contributed by atoms with Crippen LogP contribution < -0.4 is 15.6 Å². The number of pyridine rings is 1. The third-order valence-corrected chi connectivity index (χ3v) is 4.52. The summed E-state index contributed by atoms with van der Waals surface area (Å²) in [6.45, 7) is 2.00. The SMILES string of the molecule is Cc1cccn2c(=O)cc(COc3cccc(NC(=O)c4ccc(F)cc4)c3)nc12. The number of rotatable bonds is 5. The Morgan fingerprint density at radius 3 is 2.70 bits per heavy atom. The molecule has 0 saturated carbocycles. The Morgan fingerprint density at radius 2 is 1.90 bits per heavy atom. The Hall–Kier alpha value is -4.00. The molecule has 4 aromatic rings. The average molecular weight is 403 g/mol. The lowest BCUT2D eigenvalue weighted by atomic mass is 10.2. The summed E-state index contributed by atoms with van der Waals surface area (Å²) in [6.07, 6.45) is 1.68. The first-order valence-corrected chi connectivity index (χ1v) is 9.27. The van der Waals surface area contributed by atoms with Crippen LogP contribution in [0.25, 0.3) is 5.65 Å². The first-order chi connectivity index (χ1) is 14.5. The van der Waals surface area contributed by atoms with Gasteiger partial charge in [-0.1, -0.05) is 12.1 Å². The van der Waals surface area contributed by atoms with E-state index in [2.05, 4.69) is 10.3 Å². The number of amides is 1. The molecule has 7 heteroatoms. The number of halogens is 1. The molecular weight excluding hydrogens is 385 g/mol. The van der Waals surface area contributed by atoms with Crippen LogP contribution in [0.1, 0.15) is 21.6 Å². The highest BCUT2D eigenvalue weighted by molar-refractivity contribution is 6.04. The van der Waals surface area contributed by atoms with Crippen LogP contribution in [-0.4, -0.2) is 15.3 Å². The number of hydrogen-bond acceptors (Lipinski definition) is 4. The van der Waals surface area contributed by atoms with Crippen molar-refractivity contribution in [1.29, 1.82) is 0 Å². The molecule has 150 valence electrons. The maximum Gasteiger partial charge on any atom is 0.258 e. The minimum absolute atomic E-state index is 0.107. The Morgan fingerprint density at radius 1 is 1.10 bits per heavy atom. The topological polar surface area (TPSA) is 72.7 Å². The van der Waals surface area contributed by atoms with Crippen molar-refractivity contribution in [1.82, 2.24) is 9.38 Å². The maximum absolute atomic E-state index is 13.0. The molecule has 4 rings (SSSR count). The Kier molecular flexibility index (Phi) is 5.26.